The highest BCUT2D eigenvalue weighted by Gasteiger charge is 2.32. The van der Waals surface area contributed by atoms with Crippen LogP contribution in [0.1, 0.15) is 6.42 Å². The zero-order chi connectivity index (χ0) is 10.7. The van der Waals surface area contributed by atoms with Crippen molar-refractivity contribution in [3.8, 4) is 5.75 Å². The molecule has 1 saturated heterocycles. The molecule has 1 aromatic carbocycles. The fourth-order valence-corrected chi connectivity index (χ4v) is 1.49. The number of hydrogen-bond donors (Lipinski definition) is 1. The Kier molecular flexibility index (Phi) is 2.67. The van der Waals surface area contributed by atoms with Crippen LogP contribution in [0, 0.1) is 5.92 Å². The summed E-state index contributed by atoms with van der Waals surface area (Å²) in [6, 6.07) is 8.75. The summed E-state index contributed by atoms with van der Waals surface area (Å²) in [6.07, 6.45) is 0.518. The number of carbonyl (C=O) groups excluding carboxylic acids is 2. The van der Waals surface area contributed by atoms with Gasteiger partial charge in [-0.3, -0.25) is 9.59 Å². The SMILES string of the molecule is O=C1NCCC1C(=O)Oc1ccccc1. The second-order valence-electron chi connectivity index (χ2n) is 3.37. The van der Waals surface area contributed by atoms with Crippen molar-refractivity contribution in [3.05, 3.63) is 30.3 Å². The molecular formula is C11H11NO3. The van der Waals surface area contributed by atoms with Crippen molar-refractivity contribution in [2.75, 3.05) is 6.54 Å². The van der Waals surface area contributed by atoms with E-state index in [0.29, 0.717) is 18.7 Å². The Morgan fingerprint density at radius 3 is 2.67 bits per heavy atom. The van der Waals surface area contributed by atoms with E-state index in [1.165, 1.54) is 0 Å². The number of rotatable bonds is 2. The fourth-order valence-electron chi connectivity index (χ4n) is 1.49. The highest BCUT2D eigenvalue weighted by molar-refractivity contribution is 5.99. The molecule has 0 spiro atoms. The quantitative estimate of drug-likeness (QED) is 0.440. The first kappa shape index (κ1) is 9.71. The molecule has 2 rings (SSSR count). The van der Waals surface area contributed by atoms with Crippen LogP contribution < -0.4 is 10.1 Å². The van der Waals surface area contributed by atoms with Gasteiger partial charge in [0.2, 0.25) is 5.91 Å². The van der Waals surface area contributed by atoms with Gasteiger partial charge in [-0.2, -0.15) is 0 Å². The zero-order valence-corrected chi connectivity index (χ0v) is 8.10. The topological polar surface area (TPSA) is 55.4 Å². The minimum atomic E-state index is -0.648. The lowest BCUT2D eigenvalue weighted by molar-refractivity contribution is -0.143. The monoisotopic (exact) mass is 205 g/mol. The summed E-state index contributed by atoms with van der Waals surface area (Å²) in [7, 11) is 0. The predicted octanol–water partition coefficient (Wildman–Crippen LogP) is 0.728. The Labute approximate surface area is 87.2 Å². The molecule has 0 aromatic heterocycles. The first-order valence-corrected chi connectivity index (χ1v) is 4.82. The van der Waals surface area contributed by atoms with E-state index in [9.17, 15) is 9.59 Å². The number of nitrogens with one attached hydrogen (secondary N) is 1. The van der Waals surface area contributed by atoms with Gasteiger partial charge in [-0.15, -0.1) is 0 Å². The first-order chi connectivity index (χ1) is 7.27. The fraction of sp³-hybridized carbons (Fsp3) is 0.273. The number of benzene rings is 1. The zero-order valence-electron chi connectivity index (χ0n) is 8.10. The maximum Gasteiger partial charge on any atom is 0.323 e. The minimum absolute atomic E-state index is 0.240. The van der Waals surface area contributed by atoms with Crippen LogP contribution in [0.3, 0.4) is 0 Å². The van der Waals surface area contributed by atoms with Crippen molar-refractivity contribution < 1.29 is 14.3 Å². The van der Waals surface area contributed by atoms with E-state index in [2.05, 4.69) is 5.32 Å². The molecule has 78 valence electrons. The van der Waals surface area contributed by atoms with Crippen molar-refractivity contribution in [1.82, 2.24) is 5.32 Å². The van der Waals surface area contributed by atoms with E-state index >= 15 is 0 Å². The van der Waals surface area contributed by atoms with Crippen LogP contribution in [0.4, 0.5) is 0 Å². The van der Waals surface area contributed by atoms with Gasteiger partial charge in [-0.05, 0) is 18.6 Å². The number of hydrogen-bond acceptors (Lipinski definition) is 3. The first-order valence-electron chi connectivity index (χ1n) is 4.82. The van der Waals surface area contributed by atoms with E-state index in [1.54, 1.807) is 24.3 Å². The molecule has 1 aliphatic heterocycles. The maximum absolute atomic E-state index is 11.5. The number of ether oxygens (including phenoxy) is 1. The molecule has 1 amide bonds. The Morgan fingerprint density at radius 1 is 1.33 bits per heavy atom. The van der Waals surface area contributed by atoms with Crippen LogP contribution >= 0.6 is 0 Å². The van der Waals surface area contributed by atoms with E-state index in [1.807, 2.05) is 6.07 Å². The largest absolute Gasteiger partial charge is 0.426 e. The van der Waals surface area contributed by atoms with E-state index in [-0.39, 0.29) is 5.91 Å². The summed E-state index contributed by atoms with van der Waals surface area (Å²) in [4.78, 5) is 22.7. The summed E-state index contributed by atoms with van der Waals surface area (Å²) in [5.41, 5.74) is 0. The van der Waals surface area contributed by atoms with Crippen LogP contribution in [-0.2, 0) is 9.59 Å². The smallest absolute Gasteiger partial charge is 0.323 e. The molecule has 1 heterocycles. The van der Waals surface area contributed by atoms with Crippen molar-refractivity contribution in [2.24, 2.45) is 5.92 Å². The number of esters is 1. The lowest BCUT2D eigenvalue weighted by atomic mass is 10.1. The molecule has 15 heavy (non-hydrogen) atoms. The second kappa shape index (κ2) is 4.13. The highest BCUT2D eigenvalue weighted by Crippen LogP contribution is 2.15. The van der Waals surface area contributed by atoms with Crippen LogP contribution in [0.5, 0.6) is 5.75 Å². The van der Waals surface area contributed by atoms with E-state index in [0.717, 1.165) is 0 Å². The molecule has 1 atom stereocenters. The predicted molar refractivity (Wildman–Crippen MR) is 53.2 cm³/mol. The van der Waals surface area contributed by atoms with Crippen LogP contribution in [0.25, 0.3) is 0 Å². The summed E-state index contributed by atoms with van der Waals surface area (Å²) < 4.78 is 5.07. The summed E-state index contributed by atoms with van der Waals surface area (Å²) in [5.74, 6) is -0.889. The van der Waals surface area contributed by atoms with Gasteiger partial charge in [0.05, 0.1) is 0 Å². The van der Waals surface area contributed by atoms with Crippen LogP contribution in [0.2, 0.25) is 0 Å². The lowest BCUT2D eigenvalue weighted by Crippen LogP contribution is -2.28. The Balaban J connectivity index is 2.01. The summed E-state index contributed by atoms with van der Waals surface area (Å²) in [6.45, 7) is 0.549. The van der Waals surface area contributed by atoms with Gasteiger partial charge in [-0.1, -0.05) is 18.2 Å². The van der Waals surface area contributed by atoms with Crippen molar-refractivity contribution in [1.29, 1.82) is 0 Å². The minimum Gasteiger partial charge on any atom is -0.426 e. The molecule has 1 aliphatic rings. The van der Waals surface area contributed by atoms with Crippen molar-refractivity contribution >= 4 is 11.9 Å². The maximum atomic E-state index is 11.5. The van der Waals surface area contributed by atoms with Crippen LogP contribution in [-0.4, -0.2) is 18.4 Å². The third kappa shape index (κ3) is 2.15. The van der Waals surface area contributed by atoms with E-state index in [4.69, 9.17) is 4.74 Å². The molecule has 0 saturated carbocycles. The average molecular weight is 205 g/mol. The summed E-state index contributed by atoms with van der Waals surface area (Å²) >= 11 is 0. The number of amides is 1. The molecule has 1 unspecified atom stereocenters. The molecular weight excluding hydrogens is 194 g/mol. The second-order valence-corrected chi connectivity index (χ2v) is 3.37. The van der Waals surface area contributed by atoms with Gasteiger partial charge in [0.15, 0.2) is 0 Å². The Bertz CT molecular complexity index is 375. The lowest BCUT2D eigenvalue weighted by Gasteiger charge is -2.06. The third-order valence-electron chi connectivity index (χ3n) is 2.29. The number of para-hydroxylation sites is 1. The van der Waals surface area contributed by atoms with E-state index < -0.39 is 11.9 Å². The summed E-state index contributed by atoms with van der Waals surface area (Å²) in [5, 5.41) is 2.60. The van der Waals surface area contributed by atoms with Crippen molar-refractivity contribution in [3.63, 3.8) is 0 Å². The third-order valence-corrected chi connectivity index (χ3v) is 2.29. The normalized spacial score (nSPS) is 19.7. The highest BCUT2D eigenvalue weighted by atomic mass is 16.5. The molecule has 0 radical (unpaired) electrons. The number of carbonyl (C=O) groups is 2. The Hall–Kier alpha value is -1.84. The molecule has 4 heteroatoms. The van der Waals surface area contributed by atoms with Gasteiger partial charge in [-0.25, -0.2) is 0 Å². The molecule has 1 fully saturated rings. The van der Waals surface area contributed by atoms with Gasteiger partial charge >= 0.3 is 5.97 Å². The molecule has 1 aromatic rings. The van der Waals surface area contributed by atoms with Gasteiger partial charge in [0.1, 0.15) is 11.7 Å². The molecule has 0 aliphatic carbocycles. The van der Waals surface area contributed by atoms with Gasteiger partial charge in [0.25, 0.3) is 0 Å². The molecule has 4 nitrogen and oxygen atoms in total. The average Bonchev–Trinajstić information content (AvgIpc) is 2.66. The molecule has 1 N–H and O–H groups in total. The standard InChI is InChI=1S/C11H11NO3/c13-10-9(6-7-12-10)11(14)15-8-4-2-1-3-5-8/h1-5,9H,6-7H2,(H,12,13). The Morgan fingerprint density at radius 2 is 2.07 bits per heavy atom. The van der Waals surface area contributed by atoms with Crippen molar-refractivity contribution in [2.45, 2.75) is 6.42 Å². The van der Waals surface area contributed by atoms with Crippen LogP contribution in [0.15, 0.2) is 30.3 Å². The van der Waals surface area contributed by atoms with Gasteiger partial charge in [0, 0.05) is 6.54 Å². The van der Waals surface area contributed by atoms with Gasteiger partial charge < -0.3 is 10.1 Å². The molecule has 0 bridgehead atoms.